The molecule has 1 aromatic rings. The lowest BCUT2D eigenvalue weighted by Gasteiger charge is -2.36. The van der Waals surface area contributed by atoms with Crippen LogP contribution in [-0.2, 0) is 20.8 Å². The van der Waals surface area contributed by atoms with Crippen LogP contribution in [0.25, 0.3) is 0 Å². The summed E-state index contributed by atoms with van der Waals surface area (Å²) in [4.78, 5) is 43.8. The first-order valence-electron chi connectivity index (χ1n) is 11.8. The number of fused-ring (bicyclic) bond motifs is 1. The maximum Gasteiger partial charge on any atom is 0.250 e. The summed E-state index contributed by atoms with van der Waals surface area (Å²) in [5.74, 6) is -0.516. The highest BCUT2D eigenvalue weighted by Crippen LogP contribution is 2.40. The van der Waals surface area contributed by atoms with E-state index in [4.69, 9.17) is 0 Å². The number of thioether (sulfide) groups is 1. The van der Waals surface area contributed by atoms with Crippen LogP contribution in [0.1, 0.15) is 63.9 Å². The van der Waals surface area contributed by atoms with Crippen LogP contribution in [0.4, 0.5) is 5.69 Å². The van der Waals surface area contributed by atoms with Gasteiger partial charge in [0.25, 0.3) is 5.91 Å². The van der Waals surface area contributed by atoms with Gasteiger partial charge in [0.1, 0.15) is 6.54 Å². The Kier molecular flexibility index (Phi) is 7.20. The van der Waals surface area contributed by atoms with Crippen LogP contribution in [0, 0.1) is 0 Å². The average molecular weight is 444 g/mol. The lowest BCUT2D eigenvalue weighted by atomic mass is 9.95. The zero-order chi connectivity index (χ0) is 21.8. The van der Waals surface area contributed by atoms with Crippen molar-refractivity contribution in [2.24, 2.45) is 0 Å². The smallest absolute Gasteiger partial charge is 0.250 e. The summed E-state index contributed by atoms with van der Waals surface area (Å²) >= 11 is 1.35. The molecule has 1 atom stereocenters. The second kappa shape index (κ2) is 10.1. The van der Waals surface area contributed by atoms with Crippen molar-refractivity contribution in [2.75, 3.05) is 24.5 Å². The van der Waals surface area contributed by atoms with E-state index in [1.54, 1.807) is 0 Å². The molecule has 0 radical (unpaired) electrons. The SMILES string of the molecule is CCc1ccc2c(c1)SC(C(=O)N1CCCCC1)C(=O)N2CC(=O)NC1CCCCC1. The van der Waals surface area contributed by atoms with E-state index in [-0.39, 0.29) is 30.3 Å². The lowest BCUT2D eigenvalue weighted by molar-refractivity contribution is -0.136. The van der Waals surface area contributed by atoms with Gasteiger partial charge in [-0.25, -0.2) is 0 Å². The number of rotatable bonds is 5. The maximum atomic E-state index is 13.4. The molecule has 1 aliphatic carbocycles. The molecule has 31 heavy (non-hydrogen) atoms. The number of likely N-dealkylation sites (tertiary alicyclic amines) is 1. The zero-order valence-electron chi connectivity index (χ0n) is 18.4. The monoisotopic (exact) mass is 443 g/mol. The molecule has 2 aliphatic heterocycles. The summed E-state index contributed by atoms with van der Waals surface area (Å²) in [5.41, 5.74) is 1.91. The van der Waals surface area contributed by atoms with E-state index in [1.807, 2.05) is 17.0 Å². The van der Waals surface area contributed by atoms with Gasteiger partial charge in [-0.1, -0.05) is 32.3 Å². The quantitative estimate of drug-likeness (QED) is 0.707. The predicted octanol–water partition coefficient (Wildman–Crippen LogP) is 3.52. The third-order valence-corrected chi connectivity index (χ3v) is 7.84. The number of hydrogen-bond donors (Lipinski definition) is 1. The number of nitrogens with one attached hydrogen (secondary N) is 1. The second-order valence-electron chi connectivity index (χ2n) is 8.87. The van der Waals surface area contributed by atoms with Gasteiger partial charge >= 0.3 is 0 Å². The molecule has 3 aliphatic rings. The summed E-state index contributed by atoms with van der Waals surface area (Å²) in [5, 5.41) is 2.31. The third-order valence-electron chi connectivity index (χ3n) is 6.62. The predicted molar refractivity (Wildman–Crippen MR) is 123 cm³/mol. The number of benzene rings is 1. The van der Waals surface area contributed by atoms with Crippen molar-refractivity contribution in [3.63, 3.8) is 0 Å². The Labute approximate surface area is 189 Å². The van der Waals surface area contributed by atoms with Crippen LogP contribution >= 0.6 is 11.8 Å². The average Bonchev–Trinajstić information content (AvgIpc) is 2.81. The number of carbonyl (C=O) groups is 3. The topological polar surface area (TPSA) is 69.7 Å². The summed E-state index contributed by atoms with van der Waals surface area (Å²) in [7, 11) is 0. The van der Waals surface area contributed by atoms with Crippen LogP contribution in [-0.4, -0.2) is 53.5 Å². The Bertz CT molecular complexity index is 831. The largest absolute Gasteiger partial charge is 0.352 e. The molecular weight excluding hydrogens is 410 g/mol. The van der Waals surface area contributed by atoms with Crippen molar-refractivity contribution in [1.29, 1.82) is 0 Å². The van der Waals surface area contributed by atoms with E-state index in [0.29, 0.717) is 13.1 Å². The van der Waals surface area contributed by atoms with Crippen molar-refractivity contribution >= 4 is 35.2 Å². The van der Waals surface area contributed by atoms with Crippen LogP contribution in [0.15, 0.2) is 23.1 Å². The lowest BCUT2D eigenvalue weighted by Crippen LogP contribution is -2.53. The van der Waals surface area contributed by atoms with Crippen LogP contribution in [0.3, 0.4) is 0 Å². The Morgan fingerprint density at radius 3 is 2.48 bits per heavy atom. The summed E-state index contributed by atoms with van der Waals surface area (Å²) in [6.07, 6.45) is 9.49. The van der Waals surface area contributed by atoms with Crippen molar-refractivity contribution in [2.45, 2.75) is 80.9 Å². The number of carbonyl (C=O) groups excluding carboxylic acids is 3. The number of nitrogens with zero attached hydrogens (tertiary/aromatic N) is 2. The molecule has 1 unspecified atom stereocenters. The summed E-state index contributed by atoms with van der Waals surface area (Å²) in [6.45, 7) is 3.49. The van der Waals surface area contributed by atoms with Gasteiger partial charge in [-0.05, 0) is 56.2 Å². The van der Waals surface area contributed by atoms with Crippen LogP contribution in [0.5, 0.6) is 0 Å². The fraction of sp³-hybridized carbons (Fsp3) is 0.625. The number of hydrogen-bond acceptors (Lipinski definition) is 4. The molecule has 1 N–H and O–H groups in total. The highest BCUT2D eigenvalue weighted by molar-refractivity contribution is 8.01. The minimum absolute atomic E-state index is 0.0296. The number of aryl methyl sites for hydroxylation is 1. The summed E-state index contributed by atoms with van der Waals surface area (Å²) < 4.78 is 0. The van der Waals surface area contributed by atoms with Gasteiger partial charge < -0.3 is 15.1 Å². The van der Waals surface area contributed by atoms with Crippen molar-refractivity contribution < 1.29 is 14.4 Å². The molecule has 0 spiro atoms. The molecule has 2 heterocycles. The van der Waals surface area contributed by atoms with E-state index in [0.717, 1.165) is 67.5 Å². The van der Waals surface area contributed by atoms with Gasteiger partial charge in [-0.15, -0.1) is 11.8 Å². The Hall–Kier alpha value is -2.02. The normalized spacial score (nSPS) is 22.2. The minimum Gasteiger partial charge on any atom is -0.352 e. The van der Waals surface area contributed by atoms with Crippen molar-refractivity contribution in [3.8, 4) is 0 Å². The molecule has 4 rings (SSSR count). The van der Waals surface area contributed by atoms with Crippen LogP contribution in [0.2, 0.25) is 0 Å². The zero-order valence-corrected chi connectivity index (χ0v) is 19.2. The van der Waals surface area contributed by atoms with E-state index < -0.39 is 5.25 Å². The third kappa shape index (κ3) is 5.08. The van der Waals surface area contributed by atoms with Gasteiger partial charge in [0, 0.05) is 24.0 Å². The first-order chi connectivity index (χ1) is 15.1. The number of anilines is 1. The molecule has 0 aromatic heterocycles. The van der Waals surface area contributed by atoms with E-state index in [1.165, 1.54) is 23.1 Å². The fourth-order valence-electron chi connectivity index (χ4n) is 4.80. The molecule has 0 bridgehead atoms. The molecule has 1 aromatic carbocycles. The molecular formula is C24H33N3O3S. The second-order valence-corrected chi connectivity index (χ2v) is 10.0. The molecule has 6 nitrogen and oxygen atoms in total. The standard InChI is InChI=1S/C24H33N3O3S/c1-2-17-11-12-19-20(15-17)31-22(23(29)26-13-7-4-8-14-26)24(30)27(19)16-21(28)25-18-9-5-3-6-10-18/h11-12,15,18,22H,2-10,13-14,16H2,1H3,(H,25,28). The highest BCUT2D eigenvalue weighted by atomic mass is 32.2. The van der Waals surface area contributed by atoms with Crippen molar-refractivity contribution in [1.82, 2.24) is 10.2 Å². The first kappa shape index (κ1) is 22.2. The number of amides is 3. The Balaban J connectivity index is 1.55. The molecule has 1 saturated carbocycles. The Morgan fingerprint density at radius 1 is 1.06 bits per heavy atom. The van der Waals surface area contributed by atoms with Gasteiger partial charge in [0.05, 0.1) is 5.69 Å². The van der Waals surface area contributed by atoms with E-state index in [2.05, 4.69) is 18.3 Å². The van der Waals surface area contributed by atoms with Gasteiger partial charge in [-0.3, -0.25) is 14.4 Å². The molecule has 1 saturated heterocycles. The van der Waals surface area contributed by atoms with Gasteiger partial charge in [0.2, 0.25) is 11.8 Å². The van der Waals surface area contributed by atoms with E-state index in [9.17, 15) is 14.4 Å². The van der Waals surface area contributed by atoms with E-state index >= 15 is 0 Å². The van der Waals surface area contributed by atoms with Crippen LogP contribution < -0.4 is 10.2 Å². The highest BCUT2D eigenvalue weighted by Gasteiger charge is 2.41. The van der Waals surface area contributed by atoms with Crippen molar-refractivity contribution in [3.05, 3.63) is 23.8 Å². The molecule has 168 valence electrons. The maximum absolute atomic E-state index is 13.4. The molecule has 2 fully saturated rings. The fourth-order valence-corrected chi connectivity index (χ4v) is 6.05. The minimum atomic E-state index is -0.805. The van der Waals surface area contributed by atoms with Gasteiger partial charge in [-0.2, -0.15) is 0 Å². The molecule has 3 amide bonds. The number of piperidine rings is 1. The van der Waals surface area contributed by atoms with Gasteiger partial charge in [0.15, 0.2) is 5.25 Å². The summed E-state index contributed by atoms with van der Waals surface area (Å²) in [6, 6.07) is 6.19. The first-order valence-corrected chi connectivity index (χ1v) is 12.6. The Morgan fingerprint density at radius 2 is 1.77 bits per heavy atom. The molecule has 7 heteroatoms.